The first-order valence-corrected chi connectivity index (χ1v) is 9.54. The molecule has 0 aliphatic carbocycles. The molecule has 0 spiro atoms. The van der Waals surface area contributed by atoms with Crippen LogP contribution in [0.1, 0.15) is 60.5 Å². The van der Waals surface area contributed by atoms with E-state index in [0.717, 1.165) is 35.5 Å². The van der Waals surface area contributed by atoms with E-state index in [0.29, 0.717) is 17.1 Å². The minimum atomic E-state index is 0.0356. The summed E-state index contributed by atoms with van der Waals surface area (Å²) in [6, 6.07) is 5.90. The third kappa shape index (κ3) is 3.73. The van der Waals surface area contributed by atoms with Crippen molar-refractivity contribution in [2.24, 2.45) is 0 Å². The average molecular weight is 376 g/mol. The lowest BCUT2D eigenvalue weighted by Crippen LogP contribution is -2.47. The summed E-state index contributed by atoms with van der Waals surface area (Å²) in [6.07, 6.45) is 3.25. The van der Waals surface area contributed by atoms with Gasteiger partial charge in [0, 0.05) is 34.9 Å². The zero-order chi connectivity index (χ0) is 18.8. The smallest absolute Gasteiger partial charge is 0.256 e. The third-order valence-corrected chi connectivity index (χ3v) is 5.51. The number of nitrogens with one attached hydrogen (secondary N) is 1. The van der Waals surface area contributed by atoms with E-state index in [9.17, 15) is 4.79 Å². The molecule has 1 fully saturated rings. The quantitative estimate of drug-likeness (QED) is 0.820. The lowest BCUT2D eigenvalue weighted by molar-refractivity contribution is 0.0512. The molecule has 2 aromatic rings. The lowest BCUT2D eigenvalue weighted by atomic mass is 9.96. The summed E-state index contributed by atoms with van der Waals surface area (Å²) in [5.41, 5.74) is 3.27. The maximum atomic E-state index is 13.3. The fraction of sp³-hybridized carbons (Fsp3) is 0.500. The summed E-state index contributed by atoms with van der Waals surface area (Å²) in [6.45, 7) is 8.60. The number of hydrogen-bond donors (Lipinski definition) is 1. The molecule has 1 amide bonds. The number of piperidine rings is 1. The van der Waals surface area contributed by atoms with Gasteiger partial charge in [-0.1, -0.05) is 16.8 Å². The van der Waals surface area contributed by atoms with Gasteiger partial charge in [-0.15, -0.1) is 0 Å². The summed E-state index contributed by atoms with van der Waals surface area (Å²) in [7, 11) is 0. The van der Waals surface area contributed by atoms with Crippen molar-refractivity contribution in [3.05, 3.63) is 45.8 Å². The van der Waals surface area contributed by atoms with Crippen LogP contribution in [0, 0.1) is 13.8 Å². The number of aromatic nitrogens is 1. The lowest BCUT2D eigenvalue weighted by Gasteiger charge is -2.39. The summed E-state index contributed by atoms with van der Waals surface area (Å²) in [5, 5.41) is 7.91. The Morgan fingerprint density at radius 1 is 1.31 bits per heavy atom. The molecule has 1 aromatic heterocycles. The predicted octanol–water partition coefficient (Wildman–Crippen LogP) is 4.96. The Morgan fingerprint density at radius 3 is 2.62 bits per heavy atom. The first-order chi connectivity index (χ1) is 12.4. The first-order valence-electron chi connectivity index (χ1n) is 9.16. The number of carbonyl (C=O) groups is 1. The number of anilines is 1. The van der Waals surface area contributed by atoms with E-state index in [1.54, 1.807) is 12.1 Å². The number of likely N-dealkylation sites (tertiary alicyclic amines) is 1. The minimum Gasteiger partial charge on any atom is -0.380 e. The number of rotatable bonds is 4. The predicted molar refractivity (Wildman–Crippen MR) is 104 cm³/mol. The molecule has 1 aromatic carbocycles. The highest BCUT2D eigenvalue weighted by Crippen LogP contribution is 2.29. The third-order valence-electron chi connectivity index (χ3n) is 5.28. The monoisotopic (exact) mass is 375 g/mol. The van der Waals surface area contributed by atoms with Crippen LogP contribution in [0.15, 0.2) is 22.7 Å². The van der Waals surface area contributed by atoms with Gasteiger partial charge in [0.15, 0.2) is 0 Å². The molecule has 0 bridgehead atoms. The van der Waals surface area contributed by atoms with Crippen molar-refractivity contribution >= 4 is 23.2 Å². The largest absolute Gasteiger partial charge is 0.380 e. The molecule has 140 valence electrons. The minimum absolute atomic E-state index is 0.0356. The molecule has 0 saturated carbocycles. The Kier molecular flexibility index (Phi) is 5.56. The number of nitrogens with zero attached hydrogens (tertiary/aromatic N) is 2. The van der Waals surface area contributed by atoms with E-state index in [-0.39, 0.29) is 18.0 Å². The van der Waals surface area contributed by atoms with Crippen molar-refractivity contribution in [1.82, 2.24) is 10.1 Å². The molecule has 3 rings (SSSR count). The number of hydrogen-bond acceptors (Lipinski definition) is 4. The second-order valence-corrected chi connectivity index (χ2v) is 7.62. The van der Waals surface area contributed by atoms with Crippen molar-refractivity contribution in [2.75, 3.05) is 5.32 Å². The van der Waals surface area contributed by atoms with E-state index >= 15 is 0 Å². The van der Waals surface area contributed by atoms with E-state index in [1.807, 2.05) is 24.8 Å². The van der Waals surface area contributed by atoms with Crippen molar-refractivity contribution in [2.45, 2.75) is 65.6 Å². The summed E-state index contributed by atoms with van der Waals surface area (Å²) >= 11 is 6.20. The fourth-order valence-corrected chi connectivity index (χ4v) is 3.92. The molecule has 1 saturated heterocycles. The number of benzene rings is 1. The highest BCUT2D eigenvalue weighted by molar-refractivity contribution is 6.31. The average Bonchev–Trinajstić information content (AvgIpc) is 2.92. The summed E-state index contributed by atoms with van der Waals surface area (Å²) < 4.78 is 5.22. The maximum absolute atomic E-state index is 13.3. The molecule has 1 aliphatic heterocycles. The maximum Gasteiger partial charge on any atom is 0.256 e. The van der Waals surface area contributed by atoms with Gasteiger partial charge in [0.1, 0.15) is 5.76 Å². The van der Waals surface area contributed by atoms with Gasteiger partial charge in [0.05, 0.1) is 11.3 Å². The van der Waals surface area contributed by atoms with Crippen LogP contribution < -0.4 is 5.32 Å². The van der Waals surface area contributed by atoms with Crippen LogP contribution >= 0.6 is 11.6 Å². The highest BCUT2D eigenvalue weighted by atomic mass is 35.5. The molecule has 0 radical (unpaired) electrons. The van der Waals surface area contributed by atoms with Gasteiger partial charge in [-0.2, -0.15) is 0 Å². The Bertz CT molecular complexity index is 773. The standard InChI is InChI=1S/C20H26ClN3O2/c1-12-6-5-7-13(2)24(12)20(25)17-10-16(21)8-9-19(17)22-11-18-14(3)23-26-15(18)4/h8-10,12-13,22H,5-7,11H2,1-4H3/t12-,13-/m1/s1. The molecule has 2 atom stereocenters. The van der Waals surface area contributed by atoms with Crippen molar-refractivity contribution in [1.29, 1.82) is 0 Å². The van der Waals surface area contributed by atoms with Gasteiger partial charge in [-0.05, 0) is 65.2 Å². The van der Waals surface area contributed by atoms with E-state index in [4.69, 9.17) is 16.1 Å². The van der Waals surface area contributed by atoms with Crippen LogP contribution in [0.3, 0.4) is 0 Å². The Hall–Kier alpha value is -2.01. The van der Waals surface area contributed by atoms with Crippen LogP contribution in [0.25, 0.3) is 0 Å². The molecule has 1 aliphatic rings. The highest BCUT2D eigenvalue weighted by Gasteiger charge is 2.31. The topological polar surface area (TPSA) is 58.4 Å². The number of carbonyl (C=O) groups excluding carboxylic acids is 1. The van der Waals surface area contributed by atoms with Crippen molar-refractivity contribution in [3.8, 4) is 0 Å². The molecule has 0 unspecified atom stereocenters. The zero-order valence-corrected chi connectivity index (χ0v) is 16.6. The molecule has 1 N–H and O–H groups in total. The second-order valence-electron chi connectivity index (χ2n) is 7.19. The Balaban J connectivity index is 1.87. The van der Waals surface area contributed by atoms with Gasteiger partial charge in [0.2, 0.25) is 0 Å². The molecule has 5 nitrogen and oxygen atoms in total. The van der Waals surface area contributed by atoms with Crippen molar-refractivity contribution in [3.63, 3.8) is 0 Å². The van der Waals surface area contributed by atoms with Crippen LogP contribution in [0.2, 0.25) is 5.02 Å². The molecule has 26 heavy (non-hydrogen) atoms. The Labute approximate surface area is 159 Å². The second kappa shape index (κ2) is 7.70. The van der Waals surface area contributed by atoms with Crippen LogP contribution in [-0.4, -0.2) is 28.0 Å². The van der Waals surface area contributed by atoms with E-state index in [2.05, 4.69) is 24.3 Å². The van der Waals surface area contributed by atoms with Gasteiger partial charge in [0.25, 0.3) is 5.91 Å². The van der Waals surface area contributed by atoms with Gasteiger partial charge < -0.3 is 14.7 Å². The first kappa shape index (κ1) is 18.8. The number of amides is 1. The van der Waals surface area contributed by atoms with Crippen LogP contribution in [-0.2, 0) is 6.54 Å². The summed E-state index contributed by atoms with van der Waals surface area (Å²) in [4.78, 5) is 15.3. The van der Waals surface area contributed by atoms with Gasteiger partial charge >= 0.3 is 0 Å². The molecular weight excluding hydrogens is 350 g/mol. The van der Waals surface area contributed by atoms with E-state index in [1.165, 1.54) is 6.42 Å². The van der Waals surface area contributed by atoms with Gasteiger partial charge in [-0.25, -0.2) is 0 Å². The number of halogens is 1. The molecular formula is C20H26ClN3O2. The van der Waals surface area contributed by atoms with Crippen LogP contribution in [0.5, 0.6) is 0 Å². The van der Waals surface area contributed by atoms with Gasteiger partial charge in [-0.3, -0.25) is 4.79 Å². The normalized spacial score (nSPS) is 20.3. The zero-order valence-electron chi connectivity index (χ0n) is 15.8. The Morgan fingerprint density at radius 2 is 2.00 bits per heavy atom. The number of aryl methyl sites for hydroxylation is 2. The van der Waals surface area contributed by atoms with E-state index < -0.39 is 0 Å². The van der Waals surface area contributed by atoms with Crippen molar-refractivity contribution < 1.29 is 9.32 Å². The summed E-state index contributed by atoms with van der Waals surface area (Å²) in [5.74, 6) is 0.823. The van der Waals surface area contributed by atoms with Crippen LogP contribution in [0.4, 0.5) is 5.69 Å². The molecule has 2 heterocycles. The SMILES string of the molecule is Cc1noc(C)c1CNc1ccc(Cl)cc1C(=O)N1[C@H](C)CCC[C@H]1C. The fourth-order valence-electron chi connectivity index (χ4n) is 3.75. The molecule has 6 heteroatoms.